The van der Waals surface area contributed by atoms with Crippen molar-refractivity contribution in [1.82, 2.24) is 0 Å². The van der Waals surface area contributed by atoms with Crippen LogP contribution in [0, 0.1) is 11.3 Å². The van der Waals surface area contributed by atoms with E-state index in [1.165, 1.54) is 12.0 Å². The molecule has 0 bridgehead atoms. The number of hydrogen-bond donors (Lipinski definition) is 0. The van der Waals surface area contributed by atoms with Crippen molar-refractivity contribution in [3.8, 4) is 0 Å². The van der Waals surface area contributed by atoms with Gasteiger partial charge in [0.1, 0.15) is 0 Å². The van der Waals surface area contributed by atoms with Gasteiger partial charge in [0, 0.05) is 0 Å². The second kappa shape index (κ2) is 1.37. The van der Waals surface area contributed by atoms with Crippen LogP contribution in [0.15, 0.2) is 12.2 Å². The molecule has 1 atom stereocenters. The van der Waals surface area contributed by atoms with Crippen LogP contribution in [-0.4, -0.2) is 0 Å². The van der Waals surface area contributed by atoms with E-state index in [9.17, 15) is 0 Å². The van der Waals surface area contributed by atoms with E-state index in [2.05, 4.69) is 27.4 Å². The SMILES string of the molecule is C=C1CC(C)(C)C1C. The van der Waals surface area contributed by atoms with Crippen LogP contribution in [0.1, 0.15) is 27.2 Å². The van der Waals surface area contributed by atoms with Gasteiger partial charge < -0.3 is 0 Å². The molecule has 1 rings (SSSR count). The standard InChI is InChI=1S/C8H14/c1-6-5-8(3,4)7(6)2/h7H,1,5H2,2-4H3. The maximum absolute atomic E-state index is 3.94. The normalized spacial score (nSPS) is 34.4. The molecule has 0 aromatic carbocycles. The van der Waals surface area contributed by atoms with Gasteiger partial charge in [-0.1, -0.05) is 32.9 Å². The van der Waals surface area contributed by atoms with Crippen molar-refractivity contribution in [3.05, 3.63) is 12.2 Å². The highest BCUT2D eigenvalue weighted by Crippen LogP contribution is 2.48. The van der Waals surface area contributed by atoms with Crippen LogP contribution >= 0.6 is 0 Å². The lowest BCUT2D eigenvalue weighted by atomic mass is 9.61. The predicted octanol–water partition coefficient (Wildman–Crippen LogP) is 2.61. The minimum Gasteiger partial charge on any atom is -0.0996 e. The zero-order chi connectivity index (χ0) is 6.36. The first-order valence-corrected chi connectivity index (χ1v) is 3.22. The average Bonchev–Trinajstić information content (AvgIpc) is 1.65. The molecule has 0 amide bonds. The Bertz CT molecular complexity index is 120. The van der Waals surface area contributed by atoms with Crippen molar-refractivity contribution < 1.29 is 0 Å². The molecule has 1 aliphatic rings. The lowest BCUT2D eigenvalue weighted by molar-refractivity contribution is 0.173. The minimum atomic E-state index is 0.553. The summed E-state index contributed by atoms with van der Waals surface area (Å²) >= 11 is 0. The van der Waals surface area contributed by atoms with Crippen LogP contribution in [0.4, 0.5) is 0 Å². The molecule has 0 radical (unpaired) electrons. The van der Waals surface area contributed by atoms with E-state index in [0.29, 0.717) is 5.41 Å². The summed E-state index contributed by atoms with van der Waals surface area (Å²) in [6.07, 6.45) is 1.23. The highest BCUT2D eigenvalue weighted by atomic mass is 14.4. The third kappa shape index (κ3) is 0.594. The van der Waals surface area contributed by atoms with Crippen LogP contribution in [-0.2, 0) is 0 Å². The fourth-order valence-corrected chi connectivity index (χ4v) is 1.31. The van der Waals surface area contributed by atoms with Gasteiger partial charge in [-0.3, -0.25) is 0 Å². The van der Waals surface area contributed by atoms with Gasteiger partial charge in [0.2, 0.25) is 0 Å². The van der Waals surface area contributed by atoms with E-state index >= 15 is 0 Å². The smallest absolute Gasteiger partial charge is 0.0180 e. The molecule has 0 aromatic rings. The first-order valence-electron chi connectivity index (χ1n) is 3.22. The maximum atomic E-state index is 3.94. The lowest BCUT2D eigenvalue weighted by Gasteiger charge is -2.44. The monoisotopic (exact) mass is 110 g/mol. The Morgan fingerprint density at radius 2 is 2.12 bits per heavy atom. The second-order valence-electron chi connectivity index (χ2n) is 3.55. The zero-order valence-corrected chi connectivity index (χ0v) is 5.99. The van der Waals surface area contributed by atoms with Gasteiger partial charge in [0.15, 0.2) is 0 Å². The summed E-state index contributed by atoms with van der Waals surface area (Å²) < 4.78 is 0. The zero-order valence-electron chi connectivity index (χ0n) is 5.99. The van der Waals surface area contributed by atoms with E-state index in [0.717, 1.165) is 5.92 Å². The molecule has 0 N–H and O–H groups in total. The quantitative estimate of drug-likeness (QED) is 0.420. The van der Waals surface area contributed by atoms with Gasteiger partial charge in [-0.25, -0.2) is 0 Å². The van der Waals surface area contributed by atoms with Gasteiger partial charge in [-0.2, -0.15) is 0 Å². The third-order valence-corrected chi connectivity index (χ3v) is 2.47. The summed E-state index contributed by atoms with van der Waals surface area (Å²) in [4.78, 5) is 0. The minimum absolute atomic E-state index is 0.553. The average molecular weight is 110 g/mol. The molecule has 1 unspecified atom stereocenters. The van der Waals surface area contributed by atoms with Gasteiger partial charge >= 0.3 is 0 Å². The molecule has 0 nitrogen and oxygen atoms in total. The Hall–Kier alpha value is -0.260. The fourth-order valence-electron chi connectivity index (χ4n) is 1.31. The highest BCUT2D eigenvalue weighted by molar-refractivity contribution is 5.17. The molecule has 0 aromatic heterocycles. The van der Waals surface area contributed by atoms with Crippen LogP contribution < -0.4 is 0 Å². The number of hydrogen-bond acceptors (Lipinski definition) is 0. The summed E-state index contributed by atoms with van der Waals surface area (Å²) in [5.74, 6) is 0.752. The highest BCUT2D eigenvalue weighted by Gasteiger charge is 2.37. The predicted molar refractivity (Wildman–Crippen MR) is 36.7 cm³/mol. The van der Waals surface area contributed by atoms with Crippen molar-refractivity contribution >= 4 is 0 Å². The van der Waals surface area contributed by atoms with E-state index in [1.807, 2.05) is 0 Å². The number of allylic oxidation sites excluding steroid dienone is 1. The molecule has 46 valence electrons. The molecule has 8 heavy (non-hydrogen) atoms. The Labute approximate surface area is 51.6 Å². The van der Waals surface area contributed by atoms with Crippen LogP contribution in [0.2, 0.25) is 0 Å². The van der Waals surface area contributed by atoms with E-state index in [1.54, 1.807) is 0 Å². The topological polar surface area (TPSA) is 0 Å². The molecule has 0 aliphatic heterocycles. The molecule has 1 saturated carbocycles. The summed E-state index contributed by atoms with van der Waals surface area (Å²) in [7, 11) is 0. The van der Waals surface area contributed by atoms with Gasteiger partial charge in [-0.15, -0.1) is 0 Å². The molecule has 0 heterocycles. The maximum Gasteiger partial charge on any atom is -0.0180 e. The summed E-state index contributed by atoms with van der Waals surface area (Å²) in [6.45, 7) is 10.8. The third-order valence-electron chi connectivity index (χ3n) is 2.47. The molecule has 0 spiro atoms. The van der Waals surface area contributed by atoms with Gasteiger partial charge in [-0.05, 0) is 17.8 Å². The first-order chi connectivity index (χ1) is 3.54. The van der Waals surface area contributed by atoms with Crippen LogP contribution in [0.25, 0.3) is 0 Å². The van der Waals surface area contributed by atoms with E-state index < -0.39 is 0 Å². The van der Waals surface area contributed by atoms with Crippen LogP contribution in [0.5, 0.6) is 0 Å². The molecular weight excluding hydrogens is 96.1 g/mol. The lowest BCUT2D eigenvalue weighted by Crippen LogP contribution is -2.34. The van der Waals surface area contributed by atoms with E-state index in [4.69, 9.17) is 0 Å². The Morgan fingerprint density at radius 1 is 1.62 bits per heavy atom. The molecule has 1 aliphatic carbocycles. The van der Waals surface area contributed by atoms with Crippen molar-refractivity contribution in [3.63, 3.8) is 0 Å². The van der Waals surface area contributed by atoms with Crippen molar-refractivity contribution in [2.45, 2.75) is 27.2 Å². The summed E-state index contributed by atoms with van der Waals surface area (Å²) in [5.41, 5.74) is 1.98. The molecule has 1 fully saturated rings. The van der Waals surface area contributed by atoms with Gasteiger partial charge in [0.25, 0.3) is 0 Å². The largest absolute Gasteiger partial charge is 0.0996 e. The Kier molecular flexibility index (Phi) is 1.00. The van der Waals surface area contributed by atoms with Crippen molar-refractivity contribution in [2.24, 2.45) is 11.3 Å². The molecular formula is C8H14. The van der Waals surface area contributed by atoms with E-state index in [-0.39, 0.29) is 0 Å². The van der Waals surface area contributed by atoms with Crippen LogP contribution in [0.3, 0.4) is 0 Å². The second-order valence-corrected chi connectivity index (χ2v) is 3.55. The summed E-state index contributed by atoms with van der Waals surface area (Å²) in [5, 5.41) is 0. The molecule has 0 heteroatoms. The van der Waals surface area contributed by atoms with Gasteiger partial charge in [0.05, 0.1) is 0 Å². The summed E-state index contributed by atoms with van der Waals surface area (Å²) in [6, 6.07) is 0. The molecule has 0 saturated heterocycles. The van der Waals surface area contributed by atoms with Crippen molar-refractivity contribution in [1.29, 1.82) is 0 Å². The Morgan fingerprint density at radius 3 is 2.12 bits per heavy atom. The van der Waals surface area contributed by atoms with Crippen molar-refractivity contribution in [2.75, 3.05) is 0 Å². The fraction of sp³-hybridized carbons (Fsp3) is 0.750. The first kappa shape index (κ1) is 5.87. The Balaban J connectivity index is 2.60. The number of rotatable bonds is 0.